The highest BCUT2D eigenvalue weighted by Gasteiger charge is 2.18. The maximum absolute atomic E-state index is 12.3. The molecule has 1 heterocycles. The summed E-state index contributed by atoms with van der Waals surface area (Å²) in [4.78, 5) is 26.5. The minimum atomic E-state index is -0.715. The molecule has 0 amide bonds. The Morgan fingerprint density at radius 1 is 1.10 bits per heavy atom. The summed E-state index contributed by atoms with van der Waals surface area (Å²) in [5.74, 6) is -0.698. The highest BCUT2D eigenvalue weighted by atomic mass is 16.5. The Labute approximate surface area is 168 Å². The monoisotopic (exact) mass is 390 g/mol. The first-order chi connectivity index (χ1) is 14.0. The van der Waals surface area contributed by atoms with Crippen LogP contribution in [0.2, 0.25) is 0 Å². The summed E-state index contributed by atoms with van der Waals surface area (Å²) in [6.45, 7) is 7.51. The van der Waals surface area contributed by atoms with Crippen molar-refractivity contribution in [1.82, 2.24) is 0 Å². The molecule has 0 saturated carbocycles. The summed E-state index contributed by atoms with van der Waals surface area (Å²) in [5, 5.41) is 9.70. The highest BCUT2D eigenvalue weighted by Crippen LogP contribution is 2.35. The molecule has 0 aliphatic carbocycles. The number of anilines is 1. The van der Waals surface area contributed by atoms with Crippen LogP contribution in [0.1, 0.15) is 36.7 Å². The van der Waals surface area contributed by atoms with E-state index in [0.717, 1.165) is 29.9 Å². The number of carbonyl (C=O) groups excluding carboxylic acids is 1. The molecule has 148 valence electrons. The smallest absolute Gasteiger partial charge is 0.351 e. The Morgan fingerprint density at radius 3 is 2.38 bits per heavy atom. The molecule has 0 N–H and O–H groups in total. The molecule has 2 aromatic carbocycles. The van der Waals surface area contributed by atoms with Crippen LogP contribution in [0.3, 0.4) is 0 Å². The van der Waals surface area contributed by atoms with Crippen molar-refractivity contribution in [2.75, 3.05) is 24.6 Å². The second-order valence-electron chi connectivity index (χ2n) is 6.44. The normalized spacial score (nSPS) is 10.6. The number of nitriles is 1. The van der Waals surface area contributed by atoms with Gasteiger partial charge in [-0.25, -0.2) is 9.59 Å². The number of ether oxygens (including phenoxy) is 1. The van der Waals surface area contributed by atoms with E-state index in [1.54, 1.807) is 19.1 Å². The van der Waals surface area contributed by atoms with Crippen LogP contribution in [-0.4, -0.2) is 25.7 Å². The lowest BCUT2D eigenvalue weighted by molar-refractivity contribution is 0.0522. The number of hydrogen-bond acceptors (Lipinski definition) is 6. The van der Waals surface area contributed by atoms with Gasteiger partial charge < -0.3 is 14.1 Å². The van der Waals surface area contributed by atoms with Gasteiger partial charge in [-0.3, -0.25) is 0 Å². The molecule has 0 bridgehead atoms. The van der Waals surface area contributed by atoms with E-state index >= 15 is 0 Å². The highest BCUT2D eigenvalue weighted by molar-refractivity contribution is 5.96. The first-order valence-electron chi connectivity index (χ1n) is 9.56. The molecule has 0 radical (unpaired) electrons. The van der Waals surface area contributed by atoms with Crippen LogP contribution in [0.4, 0.5) is 5.69 Å². The maximum Gasteiger partial charge on any atom is 0.351 e. The number of esters is 1. The SMILES string of the molecule is CCOC(=O)c1cc2cc(-c3ccc(C#N)cc3)c(N(CC)CC)cc2oc1=O. The fraction of sp³-hybridized carbons (Fsp3) is 0.261. The van der Waals surface area contributed by atoms with Crippen LogP contribution in [0.25, 0.3) is 22.1 Å². The maximum atomic E-state index is 12.3. The Bertz CT molecular complexity index is 1140. The van der Waals surface area contributed by atoms with Crippen molar-refractivity contribution in [2.45, 2.75) is 20.8 Å². The molecule has 0 aliphatic rings. The van der Waals surface area contributed by atoms with Crippen LogP contribution in [-0.2, 0) is 4.74 Å². The van der Waals surface area contributed by atoms with Gasteiger partial charge >= 0.3 is 11.6 Å². The second kappa shape index (κ2) is 8.61. The Morgan fingerprint density at radius 2 is 1.79 bits per heavy atom. The molecule has 0 fully saturated rings. The van der Waals surface area contributed by atoms with Gasteiger partial charge in [0, 0.05) is 35.8 Å². The van der Waals surface area contributed by atoms with Gasteiger partial charge in [-0.1, -0.05) is 12.1 Å². The van der Waals surface area contributed by atoms with Gasteiger partial charge in [0.15, 0.2) is 0 Å². The Balaban J connectivity index is 2.26. The number of benzene rings is 2. The van der Waals surface area contributed by atoms with Crippen LogP contribution in [0.5, 0.6) is 0 Å². The molecule has 0 aliphatic heterocycles. The summed E-state index contributed by atoms with van der Waals surface area (Å²) in [6, 6.07) is 14.7. The van der Waals surface area contributed by atoms with E-state index in [4.69, 9.17) is 14.4 Å². The van der Waals surface area contributed by atoms with Crippen molar-refractivity contribution in [3.8, 4) is 17.2 Å². The van der Waals surface area contributed by atoms with E-state index in [1.807, 2.05) is 24.3 Å². The number of rotatable bonds is 6. The molecule has 0 spiro atoms. The minimum Gasteiger partial charge on any atom is -0.462 e. The van der Waals surface area contributed by atoms with Crippen molar-refractivity contribution >= 4 is 22.6 Å². The van der Waals surface area contributed by atoms with Crippen LogP contribution >= 0.6 is 0 Å². The average molecular weight is 390 g/mol. The zero-order valence-electron chi connectivity index (χ0n) is 16.7. The summed E-state index contributed by atoms with van der Waals surface area (Å²) in [7, 11) is 0. The molecule has 3 aromatic rings. The standard InChI is InChI=1S/C23H22N2O4/c1-4-25(5-2)20-13-21-17(12-19(23(27)29-21)22(26)28-6-3)11-18(20)16-9-7-15(14-24)8-10-16/h7-13H,4-6H2,1-3H3. The predicted octanol–water partition coefficient (Wildman–Crippen LogP) is 4.35. The van der Waals surface area contributed by atoms with Gasteiger partial charge in [0.2, 0.25) is 0 Å². The Kier molecular flexibility index (Phi) is 5.99. The first-order valence-corrected chi connectivity index (χ1v) is 9.56. The lowest BCUT2D eigenvalue weighted by atomic mass is 9.99. The largest absolute Gasteiger partial charge is 0.462 e. The zero-order valence-corrected chi connectivity index (χ0v) is 16.7. The number of fused-ring (bicyclic) bond motifs is 1. The first kappa shape index (κ1) is 20.2. The summed E-state index contributed by atoms with van der Waals surface area (Å²) in [6.07, 6.45) is 0. The second-order valence-corrected chi connectivity index (χ2v) is 6.44. The lowest BCUT2D eigenvalue weighted by Crippen LogP contribution is -2.22. The van der Waals surface area contributed by atoms with Crippen molar-refractivity contribution < 1.29 is 13.9 Å². The van der Waals surface area contributed by atoms with Crippen LogP contribution in [0, 0.1) is 11.3 Å². The lowest BCUT2D eigenvalue weighted by Gasteiger charge is -2.24. The third-order valence-corrected chi connectivity index (χ3v) is 4.78. The summed E-state index contributed by atoms with van der Waals surface area (Å²) >= 11 is 0. The topological polar surface area (TPSA) is 83.5 Å². The fourth-order valence-electron chi connectivity index (χ4n) is 3.29. The van der Waals surface area contributed by atoms with Gasteiger partial charge in [0.1, 0.15) is 11.1 Å². The van der Waals surface area contributed by atoms with E-state index in [2.05, 4.69) is 24.8 Å². The molecule has 0 atom stereocenters. The zero-order chi connectivity index (χ0) is 21.0. The number of hydrogen-bond donors (Lipinski definition) is 0. The van der Waals surface area contributed by atoms with Gasteiger partial charge in [-0.15, -0.1) is 0 Å². The van der Waals surface area contributed by atoms with E-state index in [1.165, 1.54) is 6.07 Å². The van der Waals surface area contributed by atoms with Gasteiger partial charge in [-0.05, 0) is 50.6 Å². The molecule has 6 nitrogen and oxygen atoms in total. The number of nitrogens with zero attached hydrogens (tertiary/aromatic N) is 2. The Hall–Kier alpha value is -3.59. The molecule has 0 saturated heterocycles. The molecular formula is C23H22N2O4. The summed E-state index contributed by atoms with van der Waals surface area (Å²) < 4.78 is 10.4. The van der Waals surface area contributed by atoms with E-state index in [0.29, 0.717) is 16.5 Å². The molecule has 1 aromatic heterocycles. The van der Waals surface area contributed by atoms with Crippen molar-refractivity contribution in [3.63, 3.8) is 0 Å². The number of carbonyl (C=O) groups is 1. The fourth-order valence-corrected chi connectivity index (χ4v) is 3.29. The predicted molar refractivity (Wildman–Crippen MR) is 112 cm³/mol. The van der Waals surface area contributed by atoms with E-state index in [9.17, 15) is 9.59 Å². The van der Waals surface area contributed by atoms with Crippen molar-refractivity contribution in [1.29, 1.82) is 5.26 Å². The van der Waals surface area contributed by atoms with Crippen LogP contribution in [0.15, 0.2) is 51.7 Å². The quantitative estimate of drug-likeness (QED) is 0.459. The summed E-state index contributed by atoms with van der Waals surface area (Å²) in [5.41, 5.74) is 2.91. The van der Waals surface area contributed by atoms with Gasteiger partial charge in [-0.2, -0.15) is 5.26 Å². The average Bonchev–Trinajstić information content (AvgIpc) is 2.74. The molecule has 6 heteroatoms. The molecular weight excluding hydrogens is 368 g/mol. The van der Waals surface area contributed by atoms with Crippen molar-refractivity contribution in [3.05, 3.63) is 64.0 Å². The third-order valence-electron chi connectivity index (χ3n) is 4.78. The molecule has 0 unspecified atom stereocenters. The van der Waals surface area contributed by atoms with Gasteiger partial charge in [0.25, 0.3) is 0 Å². The molecule has 29 heavy (non-hydrogen) atoms. The van der Waals surface area contributed by atoms with E-state index in [-0.39, 0.29) is 12.2 Å². The van der Waals surface area contributed by atoms with Crippen LogP contribution < -0.4 is 10.5 Å². The third kappa shape index (κ3) is 3.99. The molecule has 3 rings (SSSR count). The van der Waals surface area contributed by atoms with Crippen molar-refractivity contribution in [2.24, 2.45) is 0 Å². The minimum absolute atomic E-state index is 0.124. The van der Waals surface area contributed by atoms with Gasteiger partial charge in [0.05, 0.1) is 18.2 Å². The van der Waals surface area contributed by atoms with E-state index < -0.39 is 11.6 Å².